The van der Waals surface area contributed by atoms with E-state index in [1.54, 1.807) is 0 Å². The van der Waals surface area contributed by atoms with Gasteiger partial charge in [0.1, 0.15) is 6.61 Å². The molecular weight excluding hydrogens is 885 g/mol. The standard InChI is InChI=1S/C67H124O5/c1-3-5-7-9-11-13-15-17-19-21-23-24-25-26-27-28-29-30-31-32-33-34-35-36-37-38-39-40-41-42-44-45-47-49-51-53-55-57-59-61-66(69)71-64-65(63-68)72-67(70)62-60-58-56-54-52-50-48-46-43-22-20-18-16-14-12-10-8-6-4-2/h12,14,18,20-21,23,43,46,65,68H,3-11,13,15-17,19,22,24-42,44-45,47-64H2,1-2H3/b14-12-,20-18-,23-21-,46-43-. The lowest BCUT2D eigenvalue weighted by molar-refractivity contribution is -0.161. The van der Waals surface area contributed by atoms with Crippen LogP contribution in [0.4, 0.5) is 0 Å². The summed E-state index contributed by atoms with van der Waals surface area (Å²) in [6.45, 7) is 4.14. The Kier molecular flexibility index (Phi) is 61.3. The summed E-state index contributed by atoms with van der Waals surface area (Å²) in [5, 5.41) is 9.66. The van der Waals surface area contributed by atoms with Crippen molar-refractivity contribution in [2.24, 2.45) is 0 Å². The summed E-state index contributed by atoms with van der Waals surface area (Å²) in [4.78, 5) is 24.5. The normalized spacial score (nSPS) is 12.4. The molecule has 0 rings (SSSR count). The second kappa shape index (κ2) is 63.2. The molecule has 0 aliphatic heterocycles. The second-order valence-corrected chi connectivity index (χ2v) is 21.8. The average molecular weight is 1010 g/mol. The van der Waals surface area contributed by atoms with Crippen LogP contribution in [0.5, 0.6) is 0 Å². The Morgan fingerprint density at radius 3 is 0.875 bits per heavy atom. The van der Waals surface area contributed by atoms with Gasteiger partial charge in [-0.15, -0.1) is 0 Å². The fourth-order valence-electron chi connectivity index (χ4n) is 9.74. The van der Waals surface area contributed by atoms with Crippen molar-refractivity contribution in [1.29, 1.82) is 0 Å². The third-order valence-electron chi connectivity index (χ3n) is 14.6. The van der Waals surface area contributed by atoms with Crippen LogP contribution in [0.3, 0.4) is 0 Å². The molecule has 0 radical (unpaired) electrons. The molecule has 422 valence electrons. The molecule has 0 saturated carbocycles. The van der Waals surface area contributed by atoms with Crippen LogP contribution in [0.1, 0.15) is 348 Å². The molecule has 72 heavy (non-hydrogen) atoms. The van der Waals surface area contributed by atoms with Crippen LogP contribution in [-0.4, -0.2) is 36.4 Å². The van der Waals surface area contributed by atoms with Gasteiger partial charge in [-0.1, -0.05) is 306 Å². The van der Waals surface area contributed by atoms with E-state index >= 15 is 0 Å². The zero-order valence-electron chi connectivity index (χ0n) is 48.5. The molecule has 0 aliphatic carbocycles. The van der Waals surface area contributed by atoms with Crippen molar-refractivity contribution in [2.45, 2.75) is 354 Å². The van der Waals surface area contributed by atoms with E-state index in [9.17, 15) is 14.7 Å². The number of aliphatic hydroxyl groups is 1. The number of ether oxygens (including phenoxy) is 2. The van der Waals surface area contributed by atoms with E-state index in [0.29, 0.717) is 12.8 Å². The monoisotopic (exact) mass is 1010 g/mol. The van der Waals surface area contributed by atoms with E-state index in [2.05, 4.69) is 62.5 Å². The van der Waals surface area contributed by atoms with Crippen LogP contribution >= 0.6 is 0 Å². The van der Waals surface area contributed by atoms with E-state index in [4.69, 9.17) is 9.47 Å². The van der Waals surface area contributed by atoms with Gasteiger partial charge in [-0.3, -0.25) is 9.59 Å². The SMILES string of the molecule is CCCCC/C=C\C/C=C\C/C=C\CCCCCCCCC(=O)OC(CO)COC(=O)CCCCCCCCCCCCCCCCCCCCCCCCCCCCC/C=C\CCCCCCCCCC. The van der Waals surface area contributed by atoms with Gasteiger partial charge in [0.25, 0.3) is 0 Å². The number of aliphatic hydroxyl groups excluding tert-OH is 1. The maximum Gasteiger partial charge on any atom is 0.306 e. The second-order valence-electron chi connectivity index (χ2n) is 21.8. The Bertz CT molecular complexity index is 1190. The first kappa shape index (κ1) is 69.9. The lowest BCUT2D eigenvalue weighted by atomic mass is 10.0. The molecule has 0 aromatic heterocycles. The van der Waals surface area contributed by atoms with Crippen LogP contribution in [0.25, 0.3) is 0 Å². The van der Waals surface area contributed by atoms with Crippen LogP contribution < -0.4 is 0 Å². The summed E-state index contributed by atoms with van der Waals surface area (Å²) in [7, 11) is 0. The van der Waals surface area contributed by atoms with Gasteiger partial charge in [-0.25, -0.2) is 0 Å². The van der Waals surface area contributed by atoms with Crippen molar-refractivity contribution in [3.8, 4) is 0 Å². The maximum absolute atomic E-state index is 12.3. The van der Waals surface area contributed by atoms with Crippen molar-refractivity contribution in [2.75, 3.05) is 13.2 Å². The van der Waals surface area contributed by atoms with Crippen molar-refractivity contribution < 1.29 is 24.2 Å². The average Bonchev–Trinajstić information content (AvgIpc) is 3.38. The Morgan fingerprint density at radius 2 is 0.556 bits per heavy atom. The number of carbonyl (C=O) groups is 2. The van der Waals surface area contributed by atoms with Gasteiger partial charge >= 0.3 is 11.9 Å². The molecule has 0 aromatic rings. The highest BCUT2D eigenvalue weighted by Gasteiger charge is 2.16. The molecule has 1 unspecified atom stereocenters. The van der Waals surface area contributed by atoms with Gasteiger partial charge in [0.2, 0.25) is 0 Å². The van der Waals surface area contributed by atoms with Gasteiger partial charge in [-0.2, -0.15) is 0 Å². The van der Waals surface area contributed by atoms with Gasteiger partial charge in [-0.05, 0) is 77.0 Å². The number of rotatable bonds is 60. The molecule has 5 nitrogen and oxygen atoms in total. The third kappa shape index (κ3) is 60.4. The molecular formula is C67H124O5. The molecule has 0 heterocycles. The fourth-order valence-corrected chi connectivity index (χ4v) is 9.74. The molecule has 1 atom stereocenters. The summed E-state index contributed by atoms with van der Waals surface area (Å²) < 4.78 is 10.7. The molecule has 0 spiro atoms. The first-order chi connectivity index (χ1) is 35.6. The fraction of sp³-hybridized carbons (Fsp3) is 0.851. The lowest BCUT2D eigenvalue weighted by Gasteiger charge is -2.15. The number of esters is 2. The first-order valence-corrected chi connectivity index (χ1v) is 32.2. The number of hydrogen-bond donors (Lipinski definition) is 1. The number of carbonyl (C=O) groups excluding carboxylic acids is 2. The van der Waals surface area contributed by atoms with Crippen molar-refractivity contribution in [1.82, 2.24) is 0 Å². The van der Waals surface area contributed by atoms with Gasteiger partial charge in [0.05, 0.1) is 6.61 Å². The summed E-state index contributed by atoms with van der Waals surface area (Å²) in [6.07, 6.45) is 84.2. The third-order valence-corrected chi connectivity index (χ3v) is 14.6. The van der Waals surface area contributed by atoms with Gasteiger partial charge in [0, 0.05) is 12.8 Å². The molecule has 0 aromatic carbocycles. The van der Waals surface area contributed by atoms with Gasteiger partial charge in [0.15, 0.2) is 6.10 Å². The summed E-state index contributed by atoms with van der Waals surface area (Å²) in [5.41, 5.74) is 0. The van der Waals surface area contributed by atoms with Gasteiger partial charge < -0.3 is 14.6 Å². The first-order valence-electron chi connectivity index (χ1n) is 32.2. The number of hydrogen-bond acceptors (Lipinski definition) is 5. The molecule has 0 amide bonds. The molecule has 0 aliphatic rings. The predicted molar refractivity (Wildman–Crippen MR) is 316 cm³/mol. The highest BCUT2D eigenvalue weighted by atomic mass is 16.6. The molecule has 5 heteroatoms. The van der Waals surface area contributed by atoms with Crippen molar-refractivity contribution in [3.63, 3.8) is 0 Å². The quantitative estimate of drug-likeness (QED) is 0.0373. The largest absolute Gasteiger partial charge is 0.462 e. The number of unbranched alkanes of at least 4 members (excludes halogenated alkanes) is 44. The summed E-state index contributed by atoms with van der Waals surface area (Å²) in [5.74, 6) is -0.590. The Hall–Kier alpha value is -2.14. The van der Waals surface area contributed by atoms with E-state index < -0.39 is 6.10 Å². The molecule has 1 N–H and O–H groups in total. The smallest absolute Gasteiger partial charge is 0.306 e. The minimum absolute atomic E-state index is 0.0683. The minimum atomic E-state index is -0.779. The van der Waals surface area contributed by atoms with Crippen LogP contribution in [0.15, 0.2) is 48.6 Å². The molecule has 0 fully saturated rings. The van der Waals surface area contributed by atoms with E-state index in [-0.39, 0.29) is 25.2 Å². The van der Waals surface area contributed by atoms with Crippen LogP contribution in [-0.2, 0) is 19.1 Å². The maximum atomic E-state index is 12.3. The van der Waals surface area contributed by atoms with Crippen molar-refractivity contribution >= 4 is 11.9 Å². The summed E-state index contributed by atoms with van der Waals surface area (Å²) >= 11 is 0. The Labute approximate surface area is 449 Å². The molecule has 0 saturated heterocycles. The highest BCUT2D eigenvalue weighted by molar-refractivity contribution is 5.70. The topological polar surface area (TPSA) is 72.8 Å². The predicted octanol–water partition coefficient (Wildman–Crippen LogP) is 22.0. The summed E-state index contributed by atoms with van der Waals surface area (Å²) in [6, 6.07) is 0. The zero-order valence-corrected chi connectivity index (χ0v) is 48.5. The van der Waals surface area contributed by atoms with E-state index in [0.717, 1.165) is 57.8 Å². The number of allylic oxidation sites excluding steroid dienone is 8. The van der Waals surface area contributed by atoms with E-state index in [1.807, 2.05) is 0 Å². The Morgan fingerprint density at radius 1 is 0.319 bits per heavy atom. The highest BCUT2D eigenvalue weighted by Crippen LogP contribution is 2.18. The van der Waals surface area contributed by atoms with Crippen LogP contribution in [0.2, 0.25) is 0 Å². The molecule has 0 bridgehead atoms. The van der Waals surface area contributed by atoms with E-state index in [1.165, 1.54) is 263 Å². The zero-order chi connectivity index (χ0) is 52.0. The van der Waals surface area contributed by atoms with Crippen LogP contribution in [0, 0.1) is 0 Å². The lowest BCUT2D eigenvalue weighted by Crippen LogP contribution is -2.28. The Balaban J connectivity index is 3.38. The van der Waals surface area contributed by atoms with Crippen molar-refractivity contribution in [3.05, 3.63) is 48.6 Å². The minimum Gasteiger partial charge on any atom is -0.462 e.